The second-order valence-corrected chi connectivity index (χ2v) is 6.23. The standard InChI is InChI=1S/C14H20ClN5O2/c15-13-17-4-1-11(18-13)19-6-2-14(22,3-7-19)10-20-8-5-16-9-12(20)21/h1,4,16,22H,2-3,5-10H2. The molecule has 0 saturated carbocycles. The van der Waals surface area contributed by atoms with Crippen LogP contribution >= 0.6 is 11.6 Å². The summed E-state index contributed by atoms with van der Waals surface area (Å²) in [6.45, 7) is 3.58. The molecule has 120 valence electrons. The van der Waals surface area contributed by atoms with Crippen LogP contribution in [0.1, 0.15) is 12.8 Å². The lowest BCUT2D eigenvalue weighted by Gasteiger charge is -2.42. The topological polar surface area (TPSA) is 81.6 Å². The molecule has 2 aliphatic rings. The number of carbonyl (C=O) groups excluding carboxylic acids is 1. The number of halogens is 1. The van der Waals surface area contributed by atoms with Crippen molar-refractivity contribution in [1.29, 1.82) is 0 Å². The van der Waals surface area contributed by atoms with E-state index < -0.39 is 5.60 Å². The molecule has 3 heterocycles. The van der Waals surface area contributed by atoms with Crippen LogP contribution in [0.15, 0.2) is 12.3 Å². The number of β-amino-alcohol motifs (C(OH)–C–C–N with tert-alkyl or cyclic N) is 1. The van der Waals surface area contributed by atoms with Crippen LogP contribution in [0.5, 0.6) is 0 Å². The van der Waals surface area contributed by atoms with E-state index in [1.807, 2.05) is 6.07 Å². The van der Waals surface area contributed by atoms with Crippen molar-refractivity contribution in [1.82, 2.24) is 20.2 Å². The molecular weight excluding hydrogens is 306 g/mol. The minimum Gasteiger partial charge on any atom is -0.388 e. The Hall–Kier alpha value is -1.44. The van der Waals surface area contributed by atoms with Gasteiger partial charge in [-0.05, 0) is 30.5 Å². The average Bonchev–Trinajstić information content (AvgIpc) is 2.50. The Bertz CT molecular complexity index is 548. The summed E-state index contributed by atoms with van der Waals surface area (Å²) in [4.78, 5) is 23.8. The summed E-state index contributed by atoms with van der Waals surface area (Å²) in [6, 6.07) is 1.82. The highest BCUT2D eigenvalue weighted by Crippen LogP contribution is 2.26. The van der Waals surface area contributed by atoms with E-state index in [0.717, 1.165) is 12.4 Å². The highest BCUT2D eigenvalue weighted by molar-refractivity contribution is 6.28. The first-order chi connectivity index (χ1) is 10.6. The monoisotopic (exact) mass is 325 g/mol. The summed E-state index contributed by atoms with van der Waals surface area (Å²) in [7, 11) is 0. The van der Waals surface area contributed by atoms with Gasteiger partial charge in [0, 0.05) is 38.9 Å². The molecule has 0 spiro atoms. The normalized spacial score (nSPS) is 22.0. The van der Waals surface area contributed by atoms with Gasteiger partial charge in [-0.25, -0.2) is 9.97 Å². The fourth-order valence-corrected chi connectivity index (χ4v) is 3.12. The maximum atomic E-state index is 11.8. The van der Waals surface area contributed by atoms with Crippen molar-refractivity contribution in [3.05, 3.63) is 17.5 Å². The molecule has 2 N–H and O–H groups in total. The van der Waals surface area contributed by atoms with E-state index >= 15 is 0 Å². The van der Waals surface area contributed by atoms with Crippen LogP contribution in [-0.2, 0) is 4.79 Å². The first kappa shape index (κ1) is 15.5. The highest BCUT2D eigenvalue weighted by Gasteiger charge is 2.36. The molecule has 3 rings (SSSR count). The molecule has 2 fully saturated rings. The van der Waals surface area contributed by atoms with E-state index in [1.165, 1.54) is 0 Å². The van der Waals surface area contributed by atoms with Crippen LogP contribution in [0, 0.1) is 0 Å². The molecule has 1 aromatic rings. The zero-order valence-corrected chi connectivity index (χ0v) is 13.1. The van der Waals surface area contributed by atoms with Gasteiger partial charge in [-0.2, -0.15) is 0 Å². The Morgan fingerprint density at radius 2 is 2.14 bits per heavy atom. The maximum absolute atomic E-state index is 11.8. The van der Waals surface area contributed by atoms with E-state index in [-0.39, 0.29) is 11.2 Å². The van der Waals surface area contributed by atoms with E-state index in [2.05, 4.69) is 20.2 Å². The first-order valence-corrected chi connectivity index (χ1v) is 7.88. The summed E-state index contributed by atoms with van der Waals surface area (Å²) in [5.74, 6) is 0.838. The van der Waals surface area contributed by atoms with Crippen molar-refractivity contribution in [3.8, 4) is 0 Å². The SMILES string of the molecule is O=C1CNCCN1CC1(O)CCN(c2ccnc(Cl)n2)CC1. The van der Waals surface area contributed by atoms with Crippen LogP contribution in [-0.4, -0.2) is 70.8 Å². The number of rotatable bonds is 3. The molecule has 2 aliphatic heterocycles. The van der Waals surface area contributed by atoms with E-state index in [9.17, 15) is 9.90 Å². The third kappa shape index (κ3) is 3.48. The quantitative estimate of drug-likeness (QED) is 0.755. The van der Waals surface area contributed by atoms with Crippen molar-refractivity contribution in [2.45, 2.75) is 18.4 Å². The number of aliphatic hydroxyl groups is 1. The van der Waals surface area contributed by atoms with Crippen molar-refractivity contribution in [3.63, 3.8) is 0 Å². The summed E-state index contributed by atoms with van der Waals surface area (Å²) in [5.41, 5.74) is -0.819. The zero-order chi connectivity index (χ0) is 15.6. The molecule has 7 nitrogen and oxygen atoms in total. The largest absolute Gasteiger partial charge is 0.388 e. The molecule has 0 unspecified atom stereocenters. The van der Waals surface area contributed by atoms with E-state index in [4.69, 9.17) is 11.6 Å². The Kier molecular flexibility index (Phi) is 4.46. The molecule has 0 radical (unpaired) electrons. The number of anilines is 1. The number of amides is 1. The molecule has 8 heteroatoms. The van der Waals surface area contributed by atoms with Crippen molar-refractivity contribution >= 4 is 23.3 Å². The second kappa shape index (κ2) is 6.36. The van der Waals surface area contributed by atoms with E-state index in [0.29, 0.717) is 45.6 Å². The molecule has 1 aromatic heterocycles. The fourth-order valence-electron chi connectivity index (χ4n) is 2.98. The van der Waals surface area contributed by atoms with Crippen LogP contribution in [0.2, 0.25) is 5.28 Å². The lowest BCUT2D eigenvalue weighted by atomic mass is 9.90. The maximum Gasteiger partial charge on any atom is 0.236 e. The summed E-state index contributed by atoms with van der Waals surface area (Å²) < 4.78 is 0. The summed E-state index contributed by atoms with van der Waals surface area (Å²) in [6.07, 6.45) is 2.84. The van der Waals surface area contributed by atoms with Gasteiger partial charge in [0.1, 0.15) is 5.82 Å². The number of piperazine rings is 1. The Morgan fingerprint density at radius 3 is 2.82 bits per heavy atom. The van der Waals surface area contributed by atoms with Gasteiger partial charge in [-0.1, -0.05) is 0 Å². The van der Waals surface area contributed by atoms with Gasteiger partial charge in [0.05, 0.1) is 12.1 Å². The van der Waals surface area contributed by atoms with Crippen LogP contribution in [0.4, 0.5) is 5.82 Å². The Morgan fingerprint density at radius 1 is 1.36 bits per heavy atom. The van der Waals surface area contributed by atoms with Crippen LogP contribution in [0.25, 0.3) is 0 Å². The van der Waals surface area contributed by atoms with Crippen molar-refractivity contribution in [2.75, 3.05) is 44.2 Å². The van der Waals surface area contributed by atoms with Gasteiger partial charge in [0.2, 0.25) is 11.2 Å². The molecule has 1 amide bonds. The Balaban J connectivity index is 1.59. The number of nitrogens with zero attached hydrogens (tertiary/aromatic N) is 4. The van der Waals surface area contributed by atoms with Gasteiger partial charge < -0.3 is 20.2 Å². The smallest absolute Gasteiger partial charge is 0.236 e. The molecule has 0 aromatic carbocycles. The lowest BCUT2D eigenvalue weighted by Crippen LogP contribution is -2.56. The zero-order valence-electron chi connectivity index (χ0n) is 12.3. The Labute approximate surface area is 134 Å². The highest BCUT2D eigenvalue weighted by atomic mass is 35.5. The average molecular weight is 326 g/mol. The third-order valence-corrected chi connectivity index (χ3v) is 4.48. The number of carbonyl (C=O) groups is 1. The van der Waals surface area contributed by atoms with Crippen LogP contribution in [0.3, 0.4) is 0 Å². The van der Waals surface area contributed by atoms with Gasteiger partial charge in [0.25, 0.3) is 0 Å². The number of hydrogen-bond donors (Lipinski definition) is 2. The van der Waals surface area contributed by atoms with E-state index in [1.54, 1.807) is 11.1 Å². The molecule has 0 bridgehead atoms. The van der Waals surface area contributed by atoms with Crippen molar-refractivity contribution < 1.29 is 9.90 Å². The van der Waals surface area contributed by atoms with Crippen LogP contribution < -0.4 is 10.2 Å². The summed E-state index contributed by atoms with van der Waals surface area (Å²) >= 11 is 5.82. The third-order valence-electron chi connectivity index (χ3n) is 4.30. The lowest BCUT2D eigenvalue weighted by molar-refractivity contribution is -0.136. The van der Waals surface area contributed by atoms with Gasteiger partial charge in [-0.15, -0.1) is 0 Å². The second-order valence-electron chi connectivity index (χ2n) is 5.89. The van der Waals surface area contributed by atoms with Gasteiger partial charge in [-0.3, -0.25) is 4.79 Å². The number of hydrogen-bond acceptors (Lipinski definition) is 6. The molecular formula is C14H20ClN5O2. The number of piperidine rings is 1. The minimum absolute atomic E-state index is 0.0599. The molecule has 0 atom stereocenters. The van der Waals surface area contributed by atoms with Gasteiger partial charge >= 0.3 is 0 Å². The summed E-state index contributed by atoms with van der Waals surface area (Å²) in [5, 5.41) is 14.0. The first-order valence-electron chi connectivity index (χ1n) is 7.50. The van der Waals surface area contributed by atoms with Gasteiger partial charge in [0.15, 0.2) is 0 Å². The minimum atomic E-state index is -0.819. The number of aromatic nitrogens is 2. The molecule has 22 heavy (non-hydrogen) atoms. The van der Waals surface area contributed by atoms with Crippen molar-refractivity contribution in [2.24, 2.45) is 0 Å². The predicted octanol–water partition coefficient (Wildman–Crippen LogP) is -0.107. The predicted molar refractivity (Wildman–Crippen MR) is 82.9 cm³/mol. The fraction of sp³-hybridized carbons (Fsp3) is 0.643. The molecule has 0 aliphatic carbocycles. The number of nitrogens with one attached hydrogen (secondary N) is 1. The molecule has 2 saturated heterocycles.